The van der Waals surface area contributed by atoms with Gasteiger partial charge in [-0.1, -0.05) is 13.0 Å². The molecule has 0 aliphatic carbocycles. The maximum absolute atomic E-state index is 14.3. The summed E-state index contributed by atoms with van der Waals surface area (Å²) >= 11 is 0. The van der Waals surface area contributed by atoms with Gasteiger partial charge in [0.05, 0.1) is 11.6 Å². The molecule has 1 N–H and O–H groups in total. The summed E-state index contributed by atoms with van der Waals surface area (Å²) in [5.74, 6) is -4.12. The summed E-state index contributed by atoms with van der Waals surface area (Å²) < 4.78 is 56.2. The van der Waals surface area contributed by atoms with Crippen LogP contribution in [0.2, 0.25) is 0 Å². The van der Waals surface area contributed by atoms with Crippen LogP contribution >= 0.6 is 0 Å². The fourth-order valence-corrected chi connectivity index (χ4v) is 3.27. The molecule has 3 rings (SSSR count). The smallest absolute Gasteiger partial charge is 0.273 e. The lowest BCUT2D eigenvalue weighted by molar-refractivity contribution is 0.0137. The van der Waals surface area contributed by atoms with Crippen molar-refractivity contribution in [2.45, 2.75) is 38.9 Å². The van der Waals surface area contributed by atoms with Gasteiger partial charge in [0.15, 0.2) is 5.65 Å². The summed E-state index contributed by atoms with van der Waals surface area (Å²) in [6.45, 7) is 1.42. The van der Waals surface area contributed by atoms with Gasteiger partial charge >= 0.3 is 0 Å². The van der Waals surface area contributed by atoms with Gasteiger partial charge in [-0.3, -0.25) is 9.78 Å². The fourth-order valence-electron chi connectivity index (χ4n) is 3.27. The van der Waals surface area contributed by atoms with E-state index in [1.165, 1.54) is 10.7 Å². The van der Waals surface area contributed by atoms with Gasteiger partial charge in [0, 0.05) is 21.0 Å². The molecule has 156 valence electrons. The van der Waals surface area contributed by atoms with Gasteiger partial charge < -0.3 is 4.90 Å². The SMILES string of the molecule is CCC(c1ccc(C(C)(F)F)c(F)c1)n1nc(CF)c2c(=O)[nH]c(N(C)C)nc21. The molecular formula is C19H21F4N5O. The largest absolute Gasteiger partial charge is 0.348 e. The van der Waals surface area contributed by atoms with E-state index >= 15 is 0 Å². The molecule has 1 atom stereocenters. The highest BCUT2D eigenvalue weighted by Gasteiger charge is 2.29. The zero-order chi connectivity index (χ0) is 21.5. The van der Waals surface area contributed by atoms with E-state index in [2.05, 4.69) is 15.1 Å². The molecule has 0 aliphatic rings. The summed E-state index contributed by atoms with van der Waals surface area (Å²) in [5, 5.41) is 4.20. The molecule has 0 radical (unpaired) electrons. The molecule has 0 fully saturated rings. The predicted molar refractivity (Wildman–Crippen MR) is 102 cm³/mol. The lowest BCUT2D eigenvalue weighted by Crippen LogP contribution is -2.20. The van der Waals surface area contributed by atoms with Gasteiger partial charge in [0.25, 0.3) is 11.5 Å². The zero-order valence-electron chi connectivity index (χ0n) is 16.4. The highest BCUT2D eigenvalue weighted by Crippen LogP contribution is 2.33. The molecule has 0 amide bonds. The Morgan fingerprint density at radius 3 is 2.52 bits per heavy atom. The van der Waals surface area contributed by atoms with Crippen molar-refractivity contribution in [2.75, 3.05) is 19.0 Å². The molecule has 1 unspecified atom stereocenters. The Kier molecular flexibility index (Phi) is 5.38. The molecule has 0 saturated heterocycles. The minimum atomic E-state index is -3.32. The zero-order valence-corrected chi connectivity index (χ0v) is 16.4. The van der Waals surface area contributed by atoms with Gasteiger partial charge in [-0.05, 0) is 24.1 Å². The van der Waals surface area contributed by atoms with Crippen LogP contribution in [0.3, 0.4) is 0 Å². The number of nitrogens with one attached hydrogen (secondary N) is 1. The van der Waals surface area contributed by atoms with Crippen molar-refractivity contribution < 1.29 is 17.6 Å². The average molecular weight is 411 g/mol. The van der Waals surface area contributed by atoms with E-state index in [9.17, 15) is 22.4 Å². The number of benzene rings is 1. The summed E-state index contributed by atoms with van der Waals surface area (Å²) in [6.07, 6.45) is 0.385. The van der Waals surface area contributed by atoms with Crippen LogP contribution < -0.4 is 10.5 Å². The van der Waals surface area contributed by atoms with Crippen LogP contribution in [0.15, 0.2) is 23.0 Å². The van der Waals surface area contributed by atoms with Crippen molar-refractivity contribution in [1.82, 2.24) is 19.7 Å². The summed E-state index contributed by atoms with van der Waals surface area (Å²) in [4.78, 5) is 21.0. The molecule has 2 heterocycles. The number of hydrogen-bond acceptors (Lipinski definition) is 4. The number of H-pyrrole nitrogens is 1. The molecule has 0 spiro atoms. The Hall–Kier alpha value is -2.91. The highest BCUT2D eigenvalue weighted by molar-refractivity contribution is 5.78. The van der Waals surface area contributed by atoms with Crippen molar-refractivity contribution >= 4 is 17.0 Å². The number of halogens is 4. The Bertz CT molecular complexity index is 1100. The normalized spacial score (nSPS) is 13.1. The number of nitrogens with zero attached hydrogens (tertiary/aromatic N) is 4. The molecule has 10 heteroatoms. The molecule has 0 aliphatic heterocycles. The van der Waals surface area contributed by atoms with E-state index in [4.69, 9.17) is 0 Å². The summed E-state index contributed by atoms with van der Waals surface area (Å²) in [6, 6.07) is 2.80. The number of alkyl halides is 3. The monoisotopic (exact) mass is 411 g/mol. The molecule has 2 aromatic heterocycles. The minimum absolute atomic E-state index is 0.00809. The number of hydrogen-bond donors (Lipinski definition) is 1. The van der Waals surface area contributed by atoms with E-state index < -0.39 is 35.6 Å². The van der Waals surface area contributed by atoms with Gasteiger partial charge in [0.1, 0.15) is 23.6 Å². The number of fused-ring (bicyclic) bond motifs is 1. The van der Waals surface area contributed by atoms with Crippen LogP contribution in [-0.4, -0.2) is 33.8 Å². The van der Waals surface area contributed by atoms with Crippen LogP contribution in [0.5, 0.6) is 0 Å². The maximum Gasteiger partial charge on any atom is 0.273 e. The van der Waals surface area contributed by atoms with Gasteiger partial charge in [0.2, 0.25) is 5.95 Å². The molecule has 6 nitrogen and oxygen atoms in total. The van der Waals surface area contributed by atoms with Crippen LogP contribution in [0.4, 0.5) is 23.5 Å². The van der Waals surface area contributed by atoms with Gasteiger partial charge in [-0.25, -0.2) is 22.2 Å². The third-order valence-electron chi connectivity index (χ3n) is 4.70. The van der Waals surface area contributed by atoms with E-state index in [0.717, 1.165) is 12.1 Å². The van der Waals surface area contributed by atoms with Crippen molar-refractivity contribution in [1.29, 1.82) is 0 Å². The maximum atomic E-state index is 14.3. The average Bonchev–Trinajstić information content (AvgIpc) is 3.00. The number of aromatic nitrogens is 4. The lowest BCUT2D eigenvalue weighted by atomic mass is 10.0. The van der Waals surface area contributed by atoms with Crippen LogP contribution in [0.1, 0.15) is 43.1 Å². The van der Waals surface area contributed by atoms with E-state index in [0.29, 0.717) is 18.9 Å². The quantitative estimate of drug-likeness (QED) is 0.625. The first-order chi connectivity index (χ1) is 13.6. The first-order valence-corrected chi connectivity index (χ1v) is 9.00. The van der Waals surface area contributed by atoms with Crippen LogP contribution in [0.25, 0.3) is 11.0 Å². The number of aromatic amines is 1. The molecule has 0 saturated carbocycles. The summed E-state index contributed by atoms with van der Waals surface area (Å²) in [5.41, 5.74) is -0.840. The topological polar surface area (TPSA) is 66.8 Å². The van der Waals surface area contributed by atoms with E-state index in [1.807, 2.05) is 0 Å². The van der Waals surface area contributed by atoms with Crippen molar-refractivity contribution in [3.05, 3.63) is 51.2 Å². The Morgan fingerprint density at radius 1 is 1.31 bits per heavy atom. The molecule has 3 aromatic rings. The standard InChI is InChI=1S/C19H21F4N5O/c1-5-14(10-6-7-11(12(21)8-10)19(2,22)23)28-16-15(13(9-20)26-28)17(29)25-18(24-16)27(3)4/h6-8,14H,5,9H2,1-4H3,(H,24,25,29). The Labute approximate surface area is 164 Å². The second-order valence-corrected chi connectivity index (χ2v) is 7.06. The third-order valence-corrected chi connectivity index (χ3v) is 4.70. The van der Waals surface area contributed by atoms with Crippen molar-refractivity contribution in [2.24, 2.45) is 0 Å². The Balaban J connectivity index is 2.22. The third kappa shape index (κ3) is 3.70. The van der Waals surface area contributed by atoms with Crippen LogP contribution in [0, 0.1) is 5.82 Å². The second kappa shape index (κ2) is 7.49. The fraction of sp³-hybridized carbons (Fsp3) is 0.421. The van der Waals surface area contributed by atoms with Crippen molar-refractivity contribution in [3.63, 3.8) is 0 Å². The van der Waals surface area contributed by atoms with Gasteiger partial charge in [-0.15, -0.1) is 0 Å². The highest BCUT2D eigenvalue weighted by atomic mass is 19.3. The van der Waals surface area contributed by atoms with E-state index in [-0.39, 0.29) is 22.7 Å². The van der Waals surface area contributed by atoms with Crippen molar-refractivity contribution in [3.8, 4) is 0 Å². The number of anilines is 1. The predicted octanol–water partition coefficient (Wildman–Crippen LogP) is 3.91. The first kappa shape index (κ1) is 20.8. The van der Waals surface area contributed by atoms with Crippen LogP contribution in [-0.2, 0) is 12.6 Å². The lowest BCUT2D eigenvalue weighted by Gasteiger charge is -2.19. The van der Waals surface area contributed by atoms with Gasteiger partial charge in [-0.2, -0.15) is 10.1 Å². The molecular weight excluding hydrogens is 390 g/mol. The summed E-state index contributed by atoms with van der Waals surface area (Å²) in [7, 11) is 3.36. The van der Waals surface area contributed by atoms with E-state index in [1.54, 1.807) is 25.9 Å². The minimum Gasteiger partial charge on any atom is -0.348 e. The molecule has 29 heavy (non-hydrogen) atoms. The second-order valence-electron chi connectivity index (χ2n) is 7.06. The number of rotatable bonds is 6. The Morgan fingerprint density at radius 2 is 2.00 bits per heavy atom. The first-order valence-electron chi connectivity index (χ1n) is 9.00. The molecule has 0 bridgehead atoms. The molecule has 1 aromatic carbocycles.